The summed E-state index contributed by atoms with van der Waals surface area (Å²) in [4.78, 5) is 37.4. The number of carbonyl (C=O) groups is 2. The van der Waals surface area contributed by atoms with Gasteiger partial charge < -0.3 is 27.9 Å². The molecule has 58 heavy (non-hydrogen) atoms. The van der Waals surface area contributed by atoms with Crippen LogP contribution in [0.5, 0.6) is 0 Å². The monoisotopic (exact) mass is 832 g/mol. The van der Waals surface area contributed by atoms with Gasteiger partial charge in [-0.3, -0.25) is 9.36 Å². The van der Waals surface area contributed by atoms with Gasteiger partial charge in [0.2, 0.25) is 0 Å². The summed E-state index contributed by atoms with van der Waals surface area (Å²) in [6.45, 7) is 3.93. The Bertz CT molecular complexity index is 1260. The number of hydrogen-bond acceptors (Lipinski definition) is 8. The third kappa shape index (κ3) is 42.8. The molecule has 10 heteroatoms. The average Bonchev–Trinajstić information content (AvgIpc) is 3.17. The second kappa shape index (κ2) is 39.6. The molecular weight excluding hydrogens is 750 g/mol. The number of likely N-dealkylation sites (N-methyl/N-ethyl adjacent to an activating group) is 1. The van der Waals surface area contributed by atoms with Gasteiger partial charge in [-0.25, -0.2) is 4.79 Å². The largest absolute Gasteiger partial charge is 0.756 e. The summed E-state index contributed by atoms with van der Waals surface area (Å²) in [5.74, 6) is -1.13. The fourth-order valence-corrected chi connectivity index (χ4v) is 6.26. The zero-order valence-corrected chi connectivity index (χ0v) is 38.1. The minimum absolute atomic E-state index is 0.0565. The minimum Gasteiger partial charge on any atom is -0.756 e. The van der Waals surface area contributed by atoms with Crippen LogP contribution in [0.4, 0.5) is 0 Å². The number of hydrogen-bond donors (Lipinski definition) is 0. The van der Waals surface area contributed by atoms with Crippen molar-refractivity contribution in [2.24, 2.45) is 0 Å². The van der Waals surface area contributed by atoms with Crippen LogP contribution in [0.2, 0.25) is 0 Å². The topological polar surface area (TPSA) is 111 Å². The zero-order valence-electron chi connectivity index (χ0n) is 37.2. The molecule has 0 fully saturated rings. The molecule has 1 unspecified atom stereocenters. The molecule has 0 aromatic carbocycles. The van der Waals surface area contributed by atoms with Gasteiger partial charge in [0.25, 0.3) is 7.82 Å². The molecule has 0 radical (unpaired) electrons. The molecule has 0 N–H and O–H groups in total. The number of rotatable bonds is 39. The number of carbonyl (C=O) groups excluding carboxylic acids is 2. The molecule has 332 valence electrons. The molecular formula is C48H82NO8P. The molecule has 0 aliphatic heterocycles. The number of phosphoric acid groups is 1. The molecule has 0 bridgehead atoms. The Morgan fingerprint density at radius 1 is 0.603 bits per heavy atom. The molecule has 0 spiro atoms. The average molecular weight is 832 g/mol. The molecule has 0 amide bonds. The Labute approximate surface area is 354 Å². The summed E-state index contributed by atoms with van der Waals surface area (Å²) in [5, 5.41) is 0. The van der Waals surface area contributed by atoms with Crippen LogP contribution in [0.3, 0.4) is 0 Å². The fraction of sp³-hybridized carbons (Fsp3) is 0.667. The number of ether oxygens (including phenoxy) is 2. The number of phosphoric ester groups is 1. The maximum absolute atomic E-state index is 12.6. The third-order valence-corrected chi connectivity index (χ3v) is 9.97. The maximum Gasteiger partial charge on any atom is 0.331 e. The predicted molar refractivity (Wildman–Crippen MR) is 240 cm³/mol. The van der Waals surface area contributed by atoms with Gasteiger partial charge >= 0.3 is 11.9 Å². The van der Waals surface area contributed by atoms with Crippen molar-refractivity contribution in [3.05, 3.63) is 85.1 Å². The molecule has 9 nitrogen and oxygen atoms in total. The lowest BCUT2D eigenvalue weighted by Gasteiger charge is -2.28. The van der Waals surface area contributed by atoms with E-state index in [1.54, 1.807) is 12.2 Å². The first-order valence-corrected chi connectivity index (χ1v) is 23.8. The highest BCUT2D eigenvalue weighted by atomic mass is 31.2. The van der Waals surface area contributed by atoms with Crippen molar-refractivity contribution in [3.63, 3.8) is 0 Å². The van der Waals surface area contributed by atoms with Gasteiger partial charge in [0.15, 0.2) is 6.10 Å². The Balaban J connectivity index is 4.52. The smallest absolute Gasteiger partial charge is 0.331 e. The van der Waals surface area contributed by atoms with Crippen molar-refractivity contribution < 1.29 is 42.1 Å². The Morgan fingerprint density at radius 2 is 1.10 bits per heavy atom. The zero-order chi connectivity index (χ0) is 42.8. The summed E-state index contributed by atoms with van der Waals surface area (Å²) in [7, 11) is 1.08. The lowest BCUT2D eigenvalue weighted by molar-refractivity contribution is -0.870. The van der Waals surface area contributed by atoms with E-state index in [0.717, 1.165) is 64.2 Å². The molecule has 0 aliphatic carbocycles. The van der Waals surface area contributed by atoms with Crippen molar-refractivity contribution >= 4 is 19.8 Å². The minimum atomic E-state index is -4.66. The quantitative estimate of drug-likeness (QED) is 0.0114. The summed E-state index contributed by atoms with van der Waals surface area (Å²) in [5.41, 5.74) is 0. The van der Waals surface area contributed by atoms with Crippen LogP contribution >= 0.6 is 7.82 Å². The molecule has 2 atom stereocenters. The number of nitrogens with zero attached hydrogens (tertiary/aromatic N) is 1. The van der Waals surface area contributed by atoms with Crippen LogP contribution in [-0.2, 0) is 32.7 Å². The second-order valence-corrected chi connectivity index (χ2v) is 17.2. The first-order chi connectivity index (χ1) is 28.0. The first kappa shape index (κ1) is 55.2. The van der Waals surface area contributed by atoms with E-state index >= 15 is 0 Å². The van der Waals surface area contributed by atoms with Gasteiger partial charge in [-0.05, 0) is 64.2 Å². The molecule has 0 aromatic heterocycles. The van der Waals surface area contributed by atoms with Crippen molar-refractivity contribution in [1.82, 2.24) is 0 Å². The normalized spacial score (nSPS) is 14.4. The lowest BCUT2D eigenvalue weighted by Crippen LogP contribution is -2.37. The van der Waals surface area contributed by atoms with Crippen LogP contribution in [0, 0.1) is 0 Å². The lowest BCUT2D eigenvalue weighted by atomic mass is 10.1. The van der Waals surface area contributed by atoms with Gasteiger partial charge in [0, 0.05) is 12.5 Å². The molecule has 0 saturated heterocycles. The molecule has 0 aliphatic rings. The maximum atomic E-state index is 12.6. The van der Waals surface area contributed by atoms with Gasteiger partial charge in [0.05, 0.1) is 27.7 Å². The van der Waals surface area contributed by atoms with E-state index in [0.29, 0.717) is 17.4 Å². The highest BCUT2D eigenvalue weighted by Crippen LogP contribution is 2.38. The van der Waals surface area contributed by atoms with E-state index in [1.165, 1.54) is 70.3 Å². The summed E-state index contributed by atoms with van der Waals surface area (Å²) in [6.07, 6.45) is 51.0. The Hall–Kier alpha value is -2.81. The standard InChI is InChI=1S/C48H82NO8P/c1-6-8-10-12-14-16-18-20-22-23-24-25-27-28-30-32-34-36-38-40-47(50)54-44-46(45-56-58(52,53)55-43-42-49(3,4)5)57-48(51)41-39-37-35-33-31-29-26-21-19-17-15-13-11-9-7-2/h8,10,14,16,20,22,24-25,28,30,35,37,39,41,46H,6-7,9,11-13,15,17-19,21,23,26-27,29,31-34,36,38,40,42-45H2,1-5H3/b10-8+,16-14+,22-20+,25-24+,30-28+,37-35+,41-39+/t46-/m1/s1. The highest BCUT2D eigenvalue weighted by molar-refractivity contribution is 7.45. The summed E-state index contributed by atoms with van der Waals surface area (Å²) >= 11 is 0. The van der Waals surface area contributed by atoms with E-state index in [1.807, 2.05) is 27.2 Å². The SMILES string of the molecule is CC/C=C/C/C=C/C/C=C/C/C=C/C/C=C/CCCCCC(=O)OC[C@H](COP(=O)([O-])OCC[N+](C)(C)C)OC(=O)/C=C/C=C/CCCCCCCCCCCCC. The van der Waals surface area contributed by atoms with Crippen LogP contribution in [-0.4, -0.2) is 70.0 Å². The van der Waals surface area contributed by atoms with Gasteiger partial charge in [-0.2, -0.15) is 0 Å². The molecule has 0 heterocycles. The van der Waals surface area contributed by atoms with Crippen LogP contribution < -0.4 is 4.89 Å². The van der Waals surface area contributed by atoms with E-state index in [-0.39, 0.29) is 19.6 Å². The van der Waals surface area contributed by atoms with E-state index in [9.17, 15) is 19.0 Å². The van der Waals surface area contributed by atoms with Crippen LogP contribution in [0.25, 0.3) is 0 Å². The fourth-order valence-electron chi connectivity index (χ4n) is 5.53. The number of quaternary nitrogens is 1. The van der Waals surface area contributed by atoms with Crippen molar-refractivity contribution in [1.29, 1.82) is 0 Å². The summed E-state index contributed by atoms with van der Waals surface area (Å²) < 4.78 is 33.7. The Morgan fingerprint density at radius 3 is 1.66 bits per heavy atom. The highest BCUT2D eigenvalue weighted by Gasteiger charge is 2.21. The van der Waals surface area contributed by atoms with E-state index in [2.05, 4.69) is 74.6 Å². The van der Waals surface area contributed by atoms with E-state index < -0.39 is 32.5 Å². The van der Waals surface area contributed by atoms with Gasteiger partial charge in [-0.1, -0.05) is 163 Å². The van der Waals surface area contributed by atoms with Crippen molar-refractivity contribution in [2.75, 3.05) is 47.5 Å². The number of allylic oxidation sites excluding steroid dienone is 13. The van der Waals surface area contributed by atoms with Crippen molar-refractivity contribution in [2.45, 2.75) is 161 Å². The predicted octanol–water partition coefficient (Wildman–Crippen LogP) is 12.2. The van der Waals surface area contributed by atoms with Crippen molar-refractivity contribution in [3.8, 4) is 0 Å². The first-order valence-electron chi connectivity index (χ1n) is 22.3. The van der Waals surface area contributed by atoms with Crippen LogP contribution in [0.1, 0.15) is 155 Å². The van der Waals surface area contributed by atoms with Gasteiger partial charge in [0.1, 0.15) is 19.8 Å². The van der Waals surface area contributed by atoms with Gasteiger partial charge in [-0.15, -0.1) is 0 Å². The second-order valence-electron chi connectivity index (χ2n) is 15.8. The van der Waals surface area contributed by atoms with Crippen LogP contribution in [0.15, 0.2) is 85.1 Å². The Kier molecular flexibility index (Phi) is 37.7. The summed E-state index contributed by atoms with van der Waals surface area (Å²) in [6, 6.07) is 0. The molecule has 0 rings (SSSR count). The number of unbranched alkanes of at least 4 members (excludes halogenated alkanes) is 14. The number of esters is 2. The van der Waals surface area contributed by atoms with E-state index in [4.69, 9.17) is 18.5 Å². The molecule has 0 saturated carbocycles. The third-order valence-electron chi connectivity index (χ3n) is 9.01. The molecule has 0 aromatic rings.